The lowest BCUT2D eigenvalue weighted by atomic mass is 9.95. The van der Waals surface area contributed by atoms with Crippen LogP contribution in [0.2, 0.25) is 5.02 Å². The van der Waals surface area contributed by atoms with Crippen molar-refractivity contribution in [1.82, 2.24) is 10.6 Å². The largest absolute Gasteiger partial charge is 0.459 e. The van der Waals surface area contributed by atoms with E-state index in [2.05, 4.69) is 17.6 Å². The van der Waals surface area contributed by atoms with Crippen LogP contribution in [0, 0.1) is 5.92 Å². The van der Waals surface area contributed by atoms with Crippen LogP contribution in [0.5, 0.6) is 0 Å². The van der Waals surface area contributed by atoms with Crippen LogP contribution in [0.15, 0.2) is 35.5 Å². The number of esters is 1. The van der Waals surface area contributed by atoms with E-state index in [1.165, 1.54) is 0 Å². The van der Waals surface area contributed by atoms with Crippen molar-refractivity contribution < 1.29 is 14.3 Å². The first-order valence-corrected chi connectivity index (χ1v) is 8.59. The third-order valence-corrected chi connectivity index (χ3v) is 5.09. The van der Waals surface area contributed by atoms with Gasteiger partial charge in [-0.05, 0) is 43.7 Å². The number of urea groups is 1. The third-order valence-electron chi connectivity index (χ3n) is 4.75. The van der Waals surface area contributed by atoms with Crippen LogP contribution in [0.4, 0.5) is 4.79 Å². The summed E-state index contributed by atoms with van der Waals surface area (Å²) in [5.41, 5.74) is 1.58. The van der Waals surface area contributed by atoms with Crippen LogP contribution in [0.1, 0.15) is 44.7 Å². The van der Waals surface area contributed by atoms with Crippen LogP contribution in [-0.2, 0) is 9.53 Å². The highest BCUT2D eigenvalue weighted by molar-refractivity contribution is 6.31. The molecule has 1 aliphatic heterocycles. The zero-order chi connectivity index (χ0) is 17.3. The highest BCUT2D eigenvalue weighted by Gasteiger charge is 2.36. The van der Waals surface area contributed by atoms with Crippen molar-refractivity contribution in [1.29, 1.82) is 0 Å². The second kappa shape index (κ2) is 6.85. The van der Waals surface area contributed by atoms with E-state index >= 15 is 0 Å². The SMILES string of the molecule is CC1=C(C(=O)O[C@H]2CCC[C@H]2C)[C@@H](c2ccccc2Cl)NC(=O)N1. The van der Waals surface area contributed by atoms with Gasteiger partial charge in [-0.25, -0.2) is 9.59 Å². The topological polar surface area (TPSA) is 67.4 Å². The standard InChI is InChI=1S/C18H21ClN2O3/c1-10-6-5-9-14(10)24-17(22)15-11(2)20-18(23)21-16(15)12-7-3-4-8-13(12)19/h3-4,7-8,10,14,16H,5-6,9H2,1-2H3,(H2,20,21,23)/t10-,14+,16-/m1/s1. The van der Waals surface area contributed by atoms with Gasteiger partial charge in [-0.3, -0.25) is 0 Å². The number of halogens is 1. The van der Waals surface area contributed by atoms with Crippen molar-refractivity contribution >= 4 is 23.6 Å². The van der Waals surface area contributed by atoms with Gasteiger partial charge in [0.15, 0.2) is 0 Å². The summed E-state index contributed by atoms with van der Waals surface area (Å²) in [6.45, 7) is 3.80. The fourth-order valence-corrected chi connectivity index (χ4v) is 3.64. The van der Waals surface area contributed by atoms with E-state index in [-0.39, 0.29) is 12.1 Å². The minimum Gasteiger partial charge on any atom is -0.459 e. The van der Waals surface area contributed by atoms with Crippen molar-refractivity contribution in [2.45, 2.75) is 45.3 Å². The molecule has 0 radical (unpaired) electrons. The van der Waals surface area contributed by atoms with Gasteiger partial charge in [0.2, 0.25) is 0 Å². The van der Waals surface area contributed by atoms with E-state index < -0.39 is 12.0 Å². The van der Waals surface area contributed by atoms with Gasteiger partial charge in [0, 0.05) is 10.7 Å². The van der Waals surface area contributed by atoms with Crippen LogP contribution in [0.25, 0.3) is 0 Å². The van der Waals surface area contributed by atoms with Crippen LogP contribution in [-0.4, -0.2) is 18.1 Å². The van der Waals surface area contributed by atoms with Crippen LogP contribution in [0.3, 0.4) is 0 Å². The molecule has 3 atom stereocenters. The van der Waals surface area contributed by atoms with Crippen molar-refractivity contribution in [3.63, 3.8) is 0 Å². The summed E-state index contributed by atoms with van der Waals surface area (Å²) < 4.78 is 5.73. The van der Waals surface area contributed by atoms with E-state index in [0.717, 1.165) is 19.3 Å². The molecule has 0 aromatic heterocycles. The molecule has 128 valence electrons. The monoisotopic (exact) mass is 348 g/mol. The number of hydrogen-bond donors (Lipinski definition) is 2. The zero-order valence-corrected chi connectivity index (χ0v) is 14.5. The molecule has 2 N–H and O–H groups in total. The number of nitrogens with one attached hydrogen (secondary N) is 2. The number of allylic oxidation sites excluding steroid dienone is 1. The molecule has 1 heterocycles. The van der Waals surface area contributed by atoms with Gasteiger partial charge in [-0.15, -0.1) is 0 Å². The fourth-order valence-electron chi connectivity index (χ4n) is 3.39. The number of ether oxygens (including phenoxy) is 1. The summed E-state index contributed by atoms with van der Waals surface area (Å²) in [5.74, 6) is -0.0385. The van der Waals surface area contributed by atoms with Gasteiger partial charge in [-0.1, -0.05) is 36.7 Å². The summed E-state index contributed by atoms with van der Waals surface area (Å²) in [6, 6.07) is 6.20. The van der Waals surface area contributed by atoms with E-state index in [1.54, 1.807) is 19.1 Å². The number of amides is 2. The number of benzene rings is 1. The maximum Gasteiger partial charge on any atom is 0.338 e. The highest BCUT2D eigenvalue weighted by Crippen LogP contribution is 2.34. The van der Waals surface area contributed by atoms with Gasteiger partial charge >= 0.3 is 12.0 Å². The Kier molecular flexibility index (Phi) is 4.81. The lowest BCUT2D eigenvalue weighted by Crippen LogP contribution is -2.45. The summed E-state index contributed by atoms with van der Waals surface area (Å²) in [4.78, 5) is 24.7. The first-order valence-electron chi connectivity index (χ1n) is 8.21. The minimum absolute atomic E-state index is 0.0673. The third kappa shape index (κ3) is 3.26. The molecule has 0 spiro atoms. The van der Waals surface area contributed by atoms with Crippen molar-refractivity contribution in [2.24, 2.45) is 5.92 Å². The maximum atomic E-state index is 12.8. The van der Waals surface area contributed by atoms with Crippen molar-refractivity contribution in [3.05, 3.63) is 46.1 Å². The Bertz CT molecular complexity index is 701. The molecule has 6 heteroatoms. The molecule has 0 saturated heterocycles. The Labute approximate surface area is 146 Å². The van der Waals surface area contributed by atoms with Crippen LogP contribution < -0.4 is 10.6 Å². The molecule has 0 unspecified atom stereocenters. The zero-order valence-electron chi connectivity index (χ0n) is 13.8. The summed E-state index contributed by atoms with van der Waals surface area (Å²) >= 11 is 6.27. The number of carbonyl (C=O) groups excluding carboxylic acids is 2. The first-order chi connectivity index (χ1) is 11.5. The van der Waals surface area contributed by atoms with Gasteiger partial charge < -0.3 is 15.4 Å². The highest BCUT2D eigenvalue weighted by atomic mass is 35.5. The Hall–Kier alpha value is -2.01. The predicted octanol–water partition coefficient (Wildman–Crippen LogP) is 3.70. The quantitative estimate of drug-likeness (QED) is 0.818. The number of carbonyl (C=O) groups is 2. The van der Waals surface area contributed by atoms with E-state index in [0.29, 0.717) is 27.8 Å². The van der Waals surface area contributed by atoms with Gasteiger partial charge in [0.25, 0.3) is 0 Å². The van der Waals surface area contributed by atoms with Crippen molar-refractivity contribution in [3.8, 4) is 0 Å². The van der Waals surface area contributed by atoms with Crippen LogP contribution >= 0.6 is 11.6 Å². The summed E-state index contributed by atoms with van der Waals surface area (Å²) in [7, 11) is 0. The first kappa shape index (κ1) is 16.8. The molecule has 24 heavy (non-hydrogen) atoms. The van der Waals surface area contributed by atoms with Gasteiger partial charge in [0.05, 0.1) is 11.6 Å². The molecule has 1 fully saturated rings. The maximum absolute atomic E-state index is 12.8. The summed E-state index contributed by atoms with van der Waals surface area (Å²) in [5, 5.41) is 5.93. The smallest absolute Gasteiger partial charge is 0.338 e. The Morgan fingerprint density at radius 1 is 1.29 bits per heavy atom. The lowest BCUT2D eigenvalue weighted by molar-refractivity contribution is -0.146. The second-order valence-corrected chi connectivity index (χ2v) is 6.85. The molecule has 3 rings (SSSR count). The van der Waals surface area contributed by atoms with Gasteiger partial charge in [0.1, 0.15) is 6.10 Å². The molecule has 1 aromatic carbocycles. The number of hydrogen-bond acceptors (Lipinski definition) is 3. The molecule has 2 aliphatic rings. The average molecular weight is 349 g/mol. The Balaban J connectivity index is 1.92. The predicted molar refractivity (Wildman–Crippen MR) is 91.5 cm³/mol. The molecule has 5 nitrogen and oxygen atoms in total. The van der Waals surface area contributed by atoms with E-state index in [1.807, 2.05) is 12.1 Å². The molecule has 1 saturated carbocycles. The summed E-state index contributed by atoms with van der Waals surface area (Å²) in [6.07, 6.45) is 2.96. The average Bonchev–Trinajstić information content (AvgIpc) is 2.92. The van der Waals surface area contributed by atoms with E-state index in [9.17, 15) is 9.59 Å². The van der Waals surface area contributed by atoms with Crippen molar-refractivity contribution in [2.75, 3.05) is 0 Å². The molecular formula is C18H21ClN2O3. The number of rotatable bonds is 3. The Morgan fingerprint density at radius 3 is 2.71 bits per heavy atom. The minimum atomic E-state index is -0.614. The Morgan fingerprint density at radius 2 is 2.04 bits per heavy atom. The fraction of sp³-hybridized carbons (Fsp3) is 0.444. The molecule has 2 amide bonds. The molecule has 0 bridgehead atoms. The molecule has 1 aromatic rings. The molecule has 1 aliphatic carbocycles. The normalized spacial score (nSPS) is 26.8. The lowest BCUT2D eigenvalue weighted by Gasteiger charge is -2.29. The van der Waals surface area contributed by atoms with E-state index in [4.69, 9.17) is 16.3 Å². The second-order valence-electron chi connectivity index (χ2n) is 6.44. The van der Waals surface area contributed by atoms with Gasteiger partial charge in [-0.2, -0.15) is 0 Å². The molecular weight excluding hydrogens is 328 g/mol.